The number of amides is 1. The van der Waals surface area contributed by atoms with Crippen LogP contribution in [0.25, 0.3) is 0 Å². The van der Waals surface area contributed by atoms with Crippen molar-refractivity contribution < 1.29 is 9.59 Å². The van der Waals surface area contributed by atoms with Crippen molar-refractivity contribution in [1.29, 1.82) is 5.26 Å². The molecule has 1 aliphatic heterocycles. The molecule has 1 heterocycles. The van der Waals surface area contributed by atoms with Crippen LogP contribution in [-0.4, -0.2) is 62.9 Å². The van der Waals surface area contributed by atoms with Crippen LogP contribution in [0.5, 0.6) is 0 Å². The number of carbonyl (C=O) groups is 2. The van der Waals surface area contributed by atoms with Crippen molar-refractivity contribution in [1.82, 2.24) is 10.2 Å². The van der Waals surface area contributed by atoms with Crippen LogP contribution in [0.15, 0.2) is 18.2 Å². The summed E-state index contributed by atoms with van der Waals surface area (Å²) >= 11 is 0. The Bertz CT molecular complexity index is 762. The van der Waals surface area contributed by atoms with Crippen molar-refractivity contribution in [3.63, 3.8) is 0 Å². The van der Waals surface area contributed by atoms with E-state index in [1.165, 1.54) is 32.2 Å². The molecule has 1 aromatic rings. The Hall–Kier alpha value is -2.59. The first-order valence-electron chi connectivity index (χ1n) is 12.0. The highest BCUT2D eigenvalue weighted by Crippen LogP contribution is 2.26. The van der Waals surface area contributed by atoms with Gasteiger partial charge in [-0.3, -0.25) is 9.69 Å². The first kappa shape index (κ1) is 25.7. The number of hydrogen-bond donors (Lipinski definition) is 2. The van der Waals surface area contributed by atoms with Crippen LogP contribution >= 0.6 is 0 Å². The minimum Gasteiger partial charge on any atom is -0.374 e. The highest BCUT2D eigenvalue weighted by Gasteiger charge is 2.22. The number of likely N-dealkylation sites (N-methyl/N-ethyl adjacent to an activating group) is 1. The lowest BCUT2D eigenvalue weighted by atomic mass is 9.97. The highest BCUT2D eigenvalue weighted by atomic mass is 16.2. The number of nitrogens with one attached hydrogen (secondary N) is 2. The molecule has 0 aliphatic carbocycles. The van der Waals surface area contributed by atoms with Crippen molar-refractivity contribution in [3.05, 3.63) is 23.8 Å². The molecule has 0 radical (unpaired) electrons. The van der Waals surface area contributed by atoms with Crippen LogP contribution in [0.1, 0.15) is 57.9 Å². The lowest BCUT2D eigenvalue weighted by Crippen LogP contribution is -2.48. The fourth-order valence-corrected chi connectivity index (χ4v) is 4.55. The monoisotopic (exact) mass is 441 g/mol. The maximum absolute atomic E-state index is 12.1. The van der Waals surface area contributed by atoms with Gasteiger partial charge in [-0.05, 0) is 43.4 Å². The molecule has 0 aromatic heterocycles. The van der Waals surface area contributed by atoms with Gasteiger partial charge >= 0.3 is 0 Å². The number of anilines is 2. The van der Waals surface area contributed by atoms with Gasteiger partial charge in [0.15, 0.2) is 0 Å². The molecular weight excluding hydrogens is 402 g/mol. The maximum atomic E-state index is 12.1. The Morgan fingerprint density at radius 1 is 1.16 bits per heavy atom. The number of hydrogen-bond acceptors (Lipinski definition) is 6. The smallest absolute Gasteiger partial charge is 0.242 e. The van der Waals surface area contributed by atoms with Gasteiger partial charge in [-0.25, -0.2) is 0 Å². The highest BCUT2D eigenvalue weighted by molar-refractivity contribution is 5.85. The molecule has 32 heavy (non-hydrogen) atoms. The van der Waals surface area contributed by atoms with Crippen LogP contribution < -0.4 is 15.5 Å². The van der Waals surface area contributed by atoms with Crippen molar-refractivity contribution in [2.75, 3.05) is 50.0 Å². The van der Waals surface area contributed by atoms with Crippen LogP contribution in [0, 0.1) is 17.2 Å². The van der Waals surface area contributed by atoms with E-state index in [-0.39, 0.29) is 5.91 Å². The summed E-state index contributed by atoms with van der Waals surface area (Å²) in [5.41, 5.74) is 2.26. The summed E-state index contributed by atoms with van der Waals surface area (Å²) in [7, 11) is 1.58. The molecule has 0 saturated carbocycles. The fraction of sp³-hybridized carbons (Fsp3) is 0.640. The van der Waals surface area contributed by atoms with Crippen molar-refractivity contribution in [2.45, 2.75) is 58.4 Å². The SMILES string of the molecule is CCCC(CCC)CN1CCN(c2ccc(NC(CCC=O)C(=O)NC)cc2C#N)CC1. The average molecular weight is 442 g/mol. The Balaban J connectivity index is 2.02. The van der Waals surface area contributed by atoms with E-state index in [1.54, 1.807) is 13.1 Å². The van der Waals surface area contributed by atoms with Gasteiger partial charge in [0.05, 0.1) is 11.3 Å². The predicted octanol–water partition coefficient (Wildman–Crippen LogP) is 3.40. The molecule has 1 atom stereocenters. The summed E-state index contributed by atoms with van der Waals surface area (Å²) in [5.74, 6) is 0.610. The number of rotatable bonds is 13. The molecule has 1 amide bonds. The molecule has 7 heteroatoms. The Morgan fingerprint density at radius 2 is 1.84 bits per heavy atom. The van der Waals surface area contributed by atoms with Crippen molar-refractivity contribution >= 4 is 23.6 Å². The molecule has 1 unspecified atom stereocenters. The van der Waals surface area contributed by atoms with Crippen LogP contribution in [0.4, 0.5) is 11.4 Å². The predicted molar refractivity (Wildman–Crippen MR) is 130 cm³/mol. The lowest BCUT2D eigenvalue weighted by Gasteiger charge is -2.38. The van der Waals surface area contributed by atoms with E-state index in [0.717, 1.165) is 44.1 Å². The minimum atomic E-state index is -0.509. The second kappa shape index (κ2) is 13.7. The second-order valence-corrected chi connectivity index (χ2v) is 8.63. The molecule has 0 spiro atoms. The maximum Gasteiger partial charge on any atom is 0.242 e. The third-order valence-electron chi connectivity index (χ3n) is 6.22. The Labute approximate surface area is 193 Å². The molecular formula is C25H39N5O2. The van der Waals surface area contributed by atoms with E-state index in [4.69, 9.17) is 0 Å². The topological polar surface area (TPSA) is 88.5 Å². The zero-order valence-electron chi connectivity index (χ0n) is 19.9. The molecule has 0 bridgehead atoms. The van der Waals surface area contributed by atoms with Crippen LogP contribution in [0.2, 0.25) is 0 Å². The van der Waals surface area contributed by atoms with E-state index in [1.807, 2.05) is 12.1 Å². The summed E-state index contributed by atoms with van der Waals surface area (Å²) in [6, 6.07) is 7.49. The molecule has 1 aliphatic rings. The first-order chi connectivity index (χ1) is 15.6. The third kappa shape index (κ3) is 7.52. The van der Waals surface area contributed by atoms with Crippen molar-refractivity contribution in [2.24, 2.45) is 5.92 Å². The summed E-state index contributed by atoms with van der Waals surface area (Å²) in [5, 5.41) is 15.5. The molecule has 7 nitrogen and oxygen atoms in total. The van der Waals surface area contributed by atoms with E-state index in [9.17, 15) is 14.9 Å². The van der Waals surface area contributed by atoms with Gasteiger partial charge in [-0.1, -0.05) is 26.7 Å². The zero-order valence-corrected chi connectivity index (χ0v) is 19.9. The van der Waals surface area contributed by atoms with Gasteiger partial charge in [0.25, 0.3) is 0 Å². The lowest BCUT2D eigenvalue weighted by molar-refractivity contribution is -0.121. The van der Waals surface area contributed by atoms with E-state index < -0.39 is 6.04 Å². The number of nitrogens with zero attached hydrogens (tertiary/aromatic N) is 3. The van der Waals surface area contributed by atoms with Gasteiger partial charge in [-0.15, -0.1) is 0 Å². The molecule has 176 valence electrons. The number of benzene rings is 1. The van der Waals surface area contributed by atoms with Gasteiger partial charge in [0.1, 0.15) is 18.4 Å². The van der Waals surface area contributed by atoms with Gasteiger partial charge < -0.3 is 20.3 Å². The standard InChI is InChI=1S/C25H39N5O2/c1-4-7-20(8-5-2)19-29-12-14-30(15-13-29)24-11-10-22(17-21(24)18-26)28-23(9-6-16-31)25(32)27-3/h10-11,16-17,20,23,28H,4-9,12-15,19H2,1-3H3,(H,27,32). The largest absolute Gasteiger partial charge is 0.374 e. The summed E-state index contributed by atoms with van der Waals surface area (Å²) in [4.78, 5) is 27.7. The summed E-state index contributed by atoms with van der Waals surface area (Å²) in [6.07, 6.45) is 6.60. The first-order valence-corrected chi connectivity index (χ1v) is 12.0. The number of carbonyl (C=O) groups excluding carboxylic acids is 2. The molecule has 2 N–H and O–H groups in total. The quantitative estimate of drug-likeness (QED) is 0.456. The second-order valence-electron chi connectivity index (χ2n) is 8.63. The van der Waals surface area contributed by atoms with Gasteiger partial charge in [0, 0.05) is 51.9 Å². The van der Waals surface area contributed by atoms with Crippen LogP contribution in [0.3, 0.4) is 0 Å². The fourth-order valence-electron chi connectivity index (χ4n) is 4.55. The molecule has 1 fully saturated rings. The van der Waals surface area contributed by atoms with Gasteiger partial charge in [-0.2, -0.15) is 5.26 Å². The van der Waals surface area contributed by atoms with Crippen molar-refractivity contribution in [3.8, 4) is 6.07 Å². The number of nitriles is 1. The normalized spacial score (nSPS) is 15.3. The van der Waals surface area contributed by atoms with Crippen LogP contribution in [-0.2, 0) is 9.59 Å². The van der Waals surface area contributed by atoms with E-state index >= 15 is 0 Å². The average Bonchev–Trinajstić information content (AvgIpc) is 2.82. The Kier molecular flexibility index (Phi) is 11.0. The number of aldehydes is 1. The minimum absolute atomic E-state index is 0.171. The van der Waals surface area contributed by atoms with E-state index in [2.05, 4.69) is 40.4 Å². The molecule has 1 saturated heterocycles. The molecule has 1 aromatic carbocycles. The van der Waals surface area contributed by atoms with Gasteiger partial charge in [0.2, 0.25) is 5.91 Å². The third-order valence-corrected chi connectivity index (χ3v) is 6.22. The zero-order chi connectivity index (χ0) is 23.3. The summed E-state index contributed by atoms with van der Waals surface area (Å²) < 4.78 is 0. The van der Waals surface area contributed by atoms with E-state index in [0.29, 0.717) is 24.1 Å². The Morgan fingerprint density at radius 3 is 2.41 bits per heavy atom. The number of piperazine rings is 1. The summed E-state index contributed by atoms with van der Waals surface area (Å²) in [6.45, 7) is 9.55. The molecule has 2 rings (SSSR count).